The molecule has 1 aromatic carbocycles. The van der Waals surface area contributed by atoms with Gasteiger partial charge < -0.3 is 14.6 Å². The van der Waals surface area contributed by atoms with Crippen molar-refractivity contribution in [2.75, 3.05) is 26.2 Å². The van der Waals surface area contributed by atoms with Crippen LogP contribution in [0.5, 0.6) is 0 Å². The molecule has 2 aliphatic heterocycles. The van der Waals surface area contributed by atoms with Gasteiger partial charge >= 0.3 is 0 Å². The summed E-state index contributed by atoms with van der Waals surface area (Å²) in [5, 5.41) is 4.27. The number of nitrogens with one attached hydrogen (secondary N) is 1. The van der Waals surface area contributed by atoms with E-state index in [0.29, 0.717) is 17.4 Å². The Hall–Kier alpha value is -1.88. The van der Waals surface area contributed by atoms with Gasteiger partial charge in [-0.3, -0.25) is 4.79 Å². The molecule has 1 aromatic heterocycles. The molecular formula is C18H21FN2O2. The number of benzene rings is 1. The summed E-state index contributed by atoms with van der Waals surface area (Å²) in [5.41, 5.74) is 1.76. The van der Waals surface area contributed by atoms with Crippen LogP contribution in [0.25, 0.3) is 11.0 Å². The van der Waals surface area contributed by atoms with Crippen LogP contribution in [0.15, 0.2) is 28.9 Å². The summed E-state index contributed by atoms with van der Waals surface area (Å²) in [7, 11) is 0. The van der Waals surface area contributed by atoms with Crippen molar-refractivity contribution in [1.29, 1.82) is 0 Å². The van der Waals surface area contributed by atoms with Crippen molar-refractivity contribution in [3.8, 4) is 0 Å². The Labute approximate surface area is 134 Å². The summed E-state index contributed by atoms with van der Waals surface area (Å²) >= 11 is 0. The lowest BCUT2D eigenvalue weighted by atomic mass is 9.78. The Morgan fingerprint density at radius 2 is 2.13 bits per heavy atom. The van der Waals surface area contributed by atoms with Gasteiger partial charge in [-0.2, -0.15) is 0 Å². The molecule has 0 aliphatic carbocycles. The van der Waals surface area contributed by atoms with Crippen LogP contribution in [-0.2, 0) is 11.2 Å². The Morgan fingerprint density at radius 3 is 2.87 bits per heavy atom. The third-order valence-corrected chi connectivity index (χ3v) is 5.47. The second-order valence-corrected chi connectivity index (χ2v) is 6.89. The van der Waals surface area contributed by atoms with Gasteiger partial charge in [-0.1, -0.05) is 0 Å². The molecule has 122 valence electrons. The minimum Gasteiger partial charge on any atom is -0.464 e. The molecule has 2 fully saturated rings. The van der Waals surface area contributed by atoms with E-state index in [1.807, 2.05) is 4.90 Å². The second kappa shape index (κ2) is 5.64. The number of amides is 1. The standard InChI is InChI=1S/C18H21FN2O2/c19-14-1-2-15-13(11-23-16(15)10-14)9-17(22)21-7-4-18(5-8-21)3-6-20-12-18/h1-2,10-11,20H,3-9,12H2. The van der Waals surface area contributed by atoms with Gasteiger partial charge in [0.15, 0.2) is 0 Å². The van der Waals surface area contributed by atoms with E-state index in [0.717, 1.165) is 50.0 Å². The molecule has 1 spiro atoms. The molecule has 23 heavy (non-hydrogen) atoms. The van der Waals surface area contributed by atoms with Gasteiger partial charge in [-0.05, 0) is 43.4 Å². The first-order chi connectivity index (χ1) is 11.2. The number of rotatable bonds is 2. The van der Waals surface area contributed by atoms with Crippen LogP contribution < -0.4 is 5.32 Å². The fourth-order valence-corrected chi connectivity index (χ4v) is 3.92. The highest BCUT2D eigenvalue weighted by molar-refractivity contribution is 5.87. The van der Waals surface area contributed by atoms with E-state index in [2.05, 4.69) is 5.32 Å². The van der Waals surface area contributed by atoms with E-state index in [1.165, 1.54) is 18.6 Å². The summed E-state index contributed by atoms with van der Waals surface area (Å²) < 4.78 is 18.6. The van der Waals surface area contributed by atoms with Crippen molar-refractivity contribution in [3.05, 3.63) is 35.8 Å². The molecule has 0 radical (unpaired) electrons. The topological polar surface area (TPSA) is 45.5 Å². The second-order valence-electron chi connectivity index (χ2n) is 6.89. The Kier molecular flexibility index (Phi) is 3.60. The van der Waals surface area contributed by atoms with Crippen molar-refractivity contribution in [2.45, 2.75) is 25.7 Å². The molecule has 0 atom stereocenters. The predicted octanol–water partition coefficient (Wildman–Crippen LogP) is 2.72. The SMILES string of the molecule is O=C(Cc1coc2cc(F)ccc12)N1CCC2(CCNC2)CC1. The number of nitrogens with zero attached hydrogens (tertiary/aromatic N) is 1. The lowest BCUT2D eigenvalue weighted by molar-refractivity contribution is -0.132. The van der Waals surface area contributed by atoms with Crippen molar-refractivity contribution in [2.24, 2.45) is 5.41 Å². The summed E-state index contributed by atoms with van der Waals surface area (Å²) in [5.74, 6) is -0.186. The zero-order chi connectivity index (χ0) is 15.9. The summed E-state index contributed by atoms with van der Waals surface area (Å²) in [4.78, 5) is 14.5. The number of likely N-dealkylation sites (tertiary alicyclic amines) is 1. The molecule has 2 aromatic rings. The van der Waals surface area contributed by atoms with E-state index in [-0.39, 0.29) is 11.7 Å². The third kappa shape index (κ3) is 2.74. The van der Waals surface area contributed by atoms with Crippen LogP contribution in [0.2, 0.25) is 0 Å². The lowest BCUT2D eigenvalue weighted by Crippen LogP contribution is -2.44. The zero-order valence-corrected chi connectivity index (χ0v) is 13.1. The van der Waals surface area contributed by atoms with E-state index in [4.69, 9.17) is 4.42 Å². The monoisotopic (exact) mass is 316 g/mol. The molecule has 1 amide bonds. The van der Waals surface area contributed by atoms with Crippen molar-refractivity contribution < 1.29 is 13.6 Å². The Morgan fingerprint density at radius 1 is 1.30 bits per heavy atom. The number of carbonyl (C=O) groups is 1. The maximum absolute atomic E-state index is 13.2. The van der Waals surface area contributed by atoms with E-state index >= 15 is 0 Å². The van der Waals surface area contributed by atoms with Crippen LogP contribution >= 0.6 is 0 Å². The van der Waals surface area contributed by atoms with Gasteiger partial charge in [0.25, 0.3) is 0 Å². The van der Waals surface area contributed by atoms with E-state index < -0.39 is 0 Å². The Balaban J connectivity index is 1.43. The largest absolute Gasteiger partial charge is 0.464 e. The molecule has 4 rings (SSSR count). The average Bonchev–Trinajstić information content (AvgIpc) is 3.16. The highest BCUT2D eigenvalue weighted by Gasteiger charge is 2.38. The van der Waals surface area contributed by atoms with Crippen LogP contribution in [0.4, 0.5) is 4.39 Å². The quantitative estimate of drug-likeness (QED) is 0.926. The van der Waals surface area contributed by atoms with Crippen LogP contribution in [0.3, 0.4) is 0 Å². The summed E-state index contributed by atoms with van der Waals surface area (Å²) in [6.07, 6.45) is 5.30. The van der Waals surface area contributed by atoms with Gasteiger partial charge in [-0.25, -0.2) is 4.39 Å². The molecule has 0 unspecified atom stereocenters. The molecular weight excluding hydrogens is 295 g/mol. The highest BCUT2D eigenvalue weighted by atomic mass is 19.1. The van der Waals surface area contributed by atoms with Gasteiger partial charge in [0.05, 0.1) is 12.7 Å². The van der Waals surface area contributed by atoms with Gasteiger partial charge in [0.2, 0.25) is 5.91 Å². The van der Waals surface area contributed by atoms with Crippen molar-refractivity contribution >= 4 is 16.9 Å². The van der Waals surface area contributed by atoms with E-state index in [1.54, 1.807) is 12.3 Å². The first-order valence-electron chi connectivity index (χ1n) is 8.29. The number of carbonyl (C=O) groups excluding carboxylic acids is 1. The first-order valence-corrected chi connectivity index (χ1v) is 8.29. The molecule has 4 nitrogen and oxygen atoms in total. The minimum absolute atomic E-state index is 0.137. The van der Waals surface area contributed by atoms with Gasteiger partial charge in [0.1, 0.15) is 11.4 Å². The predicted molar refractivity (Wildman–Crippen MR) is 85.6 cm³/mol. The summed E-state index contributed by atoms with van der Waals surface area (Å²) in [6, 6.07) is 4.46. The molecule has 2 aliphatic rings. The minimum atomic E-state index is -0.323. The maximum atomic E-state index is 13.2. The molecule has 0 saturated carbocycles. The van der Waals surface area contributed by atoms with Crippen molar-refractivity contribution in [1.82, 2.24) is 10.2 Å². The number of hydrogen-bond donors (Lipinski definition) is 1. The highest BCUT2D eigenvalue weighted by Crippen LogP contribution is 2.37. The van der Waals surface area contributed by atoms with Gasteiger partial charge in [0, 0.05) is 36.7 Å². The normalized spacial score (nSPS) is 20.5. The summed E-state index contributed by atoms with van der Waals surface area (Å²) in [6.45, 7) is 3.87. The molecule has 0 bridgehead atoms. The fraction of sp³-hybridized carbons (Fsp3) is 0.500. The van der Waals surface area contributed by atoms with E-state index in [9.17, 15) is 9.18 Å². The van der Waals surface area contributed by atoms with Crippen molar-refractivity contribution in [3.63, 3.8) is 0 Å². The zero-order valence-electron chi connectivity index (χ0n) is 13.1. The first kappa shape index (κ1) is 14.7. The number of piperidine rings is 1. The molecule has 2 saturated heterocycles. The molecule has 3 heterocycles. The third-order valence-electron chi connectivity index (χ3n) is 5.47. The molecule has 5 heteroatoms. The van der Waals surface area contributed by atoms with Crippen LogP contribution in [0, 0.1) is 11.2 Å². The number of furan rings is 1. The van der Waals surface area contributed by atoms with Crippen LogP contribution in [-0.4, -0.2) is 37.0 Å². The molecule has 1 N–H and O–H groups in total. The average molecular weight is 316 g/mol. The smallest absolute Gasteiger partial charge is 0.227 e. The number of hydrogen-bond acceptors (Lipinski definition) is 3. The fourth-order valence-electron chi connectivity index (χ4n) is 3.92. The Bertz CT molecular complexity index is 724. The van der Waals surface area contributed by atoms with Crippen LogP contribution in [0.1, 0.15) is 24.8 Å². The number of fused-ring (bicyclic) bond motifs is 1. The lowest BCUT2D eigenvalue weighted by Gasteiger charge is -2.38. The van der Waals surface area contributed by atoms with Gasteiger partial charge in [-0.15, -0.1) is 0 Å². The number of halogens is 1. The maximum Gasteiger partial charge on any atom is 0.227 e.